The first-order chi connectivity index (χ1) is 11.7. The summed E-state index contributed by atoms with van der Waals surface area (Å²) < 4.78 is 0. The molecule has 0 fully saturated rings. The molecule has 120 valence electrons. The Morgan fingerprint density at radius 3 is 2.62 bits per heavy atom. The minimum Gasteiger partial charge on any atom is -0.353 e. The first kappa shape index (κ1) is 16.0. The molecule has 5 nitrogen and oxygen atoms in total. The number of nitrogens with zero attached hydrogens (tertiary/aromatic N) is 2. The van der Waals surface area contributed by atoms with Crippen LogP contribution in [0.1, 0.15) is 15.9 Å². The number of halogens is 1. The van der Waals surface area contributed by atoms with E-state index in [1.165, 1.54) is 6.20 Å². The maximum absolute atomic E-state index is 12.3. The monoisotopic (exact) mass is 338 g/mol. The molecule has 2 aromatic heterocycles. The number of aromatic nitrogens is 2. The fourth-order valence-corrected chi connectivity index (χ4v) is 2.32. The van der Waals surface area contributed by atoms with Gasteiger partial charge < -0.3 is 10.6 Å². The lowest BCUT2D eigenvalue weighted by Gasteiger charge is -2.10. The average Bonchev–Trinajstić information content (AvgIpc) is 2.63. The molecule has 0 saturated heterocycles. The Kier molecular flexibility index (Phi) is 5.03. The van der Waals surface area contributed by atoms with E-state index < -0.39 is 0 Å². The molecule has 0 radical (unpaired) electrons. The Bertz CT molecular complexity index is 839. The van der Waals surface area contributed by atoms with Gasteiger partial charge in [-0.3, -0.25) is 14.8 Å². The fourth-order valence-electron chi connectivity index (χ4n) is 2.14. The number of para-hydroxylation sites is 1. The van der Waals surface area contributed by atoms with Gasteiger partial charge in [-0.2, -0.15) is 0 Å². The number of rotatable bonds is 5. The van der Waals surface area contributed by atoms with Crippen LogP contribution in [0.5, 0.6) is 0 Å². The summed E-state index contributed by atoms with van der Waals surface area (Å²) in [6.45, 7) is 0.434. The summed E-state index contributed by atoms with van der Waals surface area (Å²) >= 11 is 6.13. The average molecular weight is 339 g/mol. The van der Waals surface area contributed by atoms with Crippen LogP contribution >= 0.6 is 11.6 Å². The summed E-state index contributed by atoms with van der Waals surface area (Å²) in [5, 5.41) is 6.62. The van der Waals surface area contributed by atoms with Crippen molar-refractivity contribution in [1.82, 2.24) is 15.3 Å². The minimum atomic E-state index is -0.192. The molecule has 3 rings (SSSR count). The van der Waals surface area contributed by atoms with Crippen molar-refractivity contribution in [1.29, 1.82) is 0 Å². The maximum atomic E-state index is 12.3. The molecule has 1 amide bonds. The van der Waals surface area contributed by atoms with Gasteiger partial charge in [-0.25, -0.2) is 0 Å². The third-order valence-corrected chi connectivity index (χ3v) is 3.69. The predicted octanol–water partition coefficient (Wildman–Crippen LogP) is 3.80. The van der Waals surface area contributed by atoms with Gasteiger partial charge >= 0.3 is 0 Å². The van der Waals surface area contributed by atoms with Gasteiger partial charge in [0.2, 0.25) is 0 Å². The zero-order chi connectivity index (χ0) is 16.8. The Morgan fingerprint density at radius 2 is 1.83 bits per heavy atom. The van der Waals surface area contributed by atoms with Crippen LogP contribution in [0.25, 0.3) is 0 Å². The highest BCUT2D eigenvalue weighted by molar-refractivity contribution is 6.33. The van der Waals surface area contributed by atoms with Crippen molar-refractivity contribution in [3.05, 3.63) is 83.4 Å². The number of carbonyl (C=O) groups excluding carboxylic acids is 1. The zero-order valence-corrected chi connectivity index (χ0v) is 13.5. The van der Waals surface area contributed by atoms with Gasteiger partial charge in [-0.05, 0) is 35.9 Å². The van der Waals surface area contributed by atoms with E-state index in [-0.39, 0.29) is 5.91 Å². The number of hydrogen-bond donors (Lipinski definition) is 2. The van der Waals surface area contributed by atoms with E-state index in [1.807, 2.05) is 30.3 Å². The van der Waals surface area contributed by atoms with Gasteiger partial charge in [0.15, 0.2) is 0 Å². The summed E-state index contributed by atoms with van der Waals surface area (Å²) in [6, 6.07) is 12.8. The summed E-state index contributed by atoms with van der Waals surface area (Å²) in [6.07, 6.45) is 6.55. The second-order valence-corrected chi connectivity index (χ2v) is 5.51. The highest BCUT2D eigenvalue weighted by atomic mass is 35.5. The molecule has 3 aromatic rings. The quantitative estimate of drug-likeness (QED) is 0.742. The van der Waals surface area contributed by atoms with Gasteiger partial charge in [0, 0.05) is 25.1 Å². The predicted molar refractivity (Wildman–Crippen MR) is 94.4 cm³/mol. The molecule has 0 aliphatic heterocycles. The summed E-state index contributed by atoms with van der Waals surface area (Å²) in [5.41, 5.74) is 2.91. The van der Waals surface area contributed by atoms with Gasteiger partial charge in [-0.15, -0.1) is 0 Å². The minimum absolute atomic E-state index is 0.192. The van der Waals surface area contributed by atoms with E-state index in [0.717, 1.165) is 11.3 Å². The van der Waals surface area contributed by atoms with Crippen LogP contribution in [0.15, 0.2) is 67.3 Å². The molecular weight excluding hydrogens is 324 g/mol. The van der Waals surface area contributed by atoms with Gasteiger partial charge in [-0.1, -0.05) is 23.7 Å². The van der Waals surface area contributed by atoms with E-state index in [1.54, 1.807) is 30.7 Å². The summed E-state index contributed by atoms with van der Waals surface area (Å²) in [4.78, 5) is 20.3. The number of pyridine rings is 2. The third-order valence-electron chi connectivity index (χ3n) is 3.36. The maximum Gasteiger partial charge on any atom is 0.253 e. The van der Waals surface area contributed by atoms with Crippen LogP contribution in [0.4, 0.5) is 11.4 Å². The van der Waals surface area contributed by atoms with Crippen molar-refractivity contribution >= 4 is 28.9 Å². The Labute approximate surface area is 144 Å². The van der Waals surface area contributed by atoms with Gasteiger partial charge in [0.25, 0.3) is 5.91 Å². The number of benzene rings is 1. The molecule has 0 atom stereocenters. The Hall–Kier alpha value is -2.92. The lowest BCUT2D eigenvalue weighted by Crippen LogP contribution is -2.23. The van der Waals surface area contributed by atoms with Crippen LogP contribution in [0, 0.1) is 0 Å². The summed E-state index contributed by atoms with van der Waals surface area (Å²) in [5.74, 6) is -0.192. The van der Waals surface area contributed by atoms with E-state index in [9.17, 15) is 4.79 Å². The molecule has 0 aliphatic rings. The highest BCUT2D eigenvalue weighted by Gasteiger charge is 2.08. The van der Waals surface area contributed by atoms with Crippen molar-refractivity contribution in [3.8, 4) is 0 Å². The number of hydrogen-bond acceptors (Lipinski definition) is 4. The van der Waals surface area contributed by atoms with Gasteiger partial charge in [0.1, 0.15) is 0 Å². The normalized spacial score (nSPS) is 10.2. The van der Waals surface area contributed by atoms with Crippen molar-refractivity contribution < 1.29 is 4.79 Å². The van der Waals surface area contributed by atoms with Crippen LogP contribution < -0.4 is 10.6 Å². The number of nitrogens with one attached hydrogen (secondary N) is 2. The number of amides is 1. The first-order valence-electron chi connectivity index (χ1n) is 7.36. The van der Waals surface area contributed by atoms with E-state index >= 15 is 0 Å². The molecular formula is C18H15ClN4O. The molecule has 0 aliphatic carbocycles. The second-order valence-electron chi connectivity index (χ2n) is 5.11. The largest absolute Gasteiger partial charge is 0.353 e. The second kappa shape index (κ2) is 7.57. The van der Waals surface area contributed by atoms with Crippen LogP contribution in [0.3, 0.4) is 0 Å². The Balaban J connectivity index is 1.68. The standard InChI is InChI=1S/C18H15ClN4O/c19-16-3-1-2-4-17(16)23-15-9-14(11-21-12-15)18(24)22-10-13-5-7-20-8-6-13/h1-9,11-12,23H,10H2,(H,22,24). The lowest BCUT2D eigenvalue weighted by atomic mass is 10.2. The van der Waals surface area contributed by atoms with E-state index in [4.69, 9.17) is 11.6 Å². The van der Waals surface area contributed by atoms with Gasteiger partial charge in [0.05, 0.1) is 28.2 Å². The smallest absolute Gasteiger partial charge is 0.253 e. The van der Waals surface area contributed by atoms with Crippen molar-refractivity contribution in [2.45, 2.75) is 6.54 Å². The van der Waals surface area contributed by atoms with Crippen molar-refractivity contribution in [2.75, 3.05) is 5.32 Å². The SMILES string of the molecule is O=C(NCc1ccncc1)c1cncc(Nc2ccccc2Cl)c1. The topological polar surface area (TPSA) is 66.9 Å². The molecule has 6 heteroatoms. The van der Waals surface area contributed by atoms with Crippen molar-refractivity contribution in [2.24, 2.45) is 0 Å². The van der Waals surface area contributed by atoms with Crippen molar-refractivity contribution in [3.63, 3.8) is 0 Å². The molecule has 2 N–H and O–H groups in total. The Morgan fingerprint density at radius 1 is 1.04 bits per heavy atom. The number of carbonyl (C=O) groups is 1. The number of anilines is 2. The molecule has 0 saturated carbocycles. The van der Waals surface area contributed by atoms with Crippen LogP contribution in [-0.2, 0) is 6.54 Å². The molecule has 1 aromatic carbocycles. The molecule has 2 heterocycles. The lowest BCUT2D eigenvalue weighted by molar-refractivity contribution is 0.0950. The third kappa shape index (κ3) is 4.08. The molecule has 0 unspecified atom stereocenters. The first-order valence-corrected chi connectivity index (χ1v) is 7.74. The van der Waals surface area contributed by atoms with Crippen LogP contribution in [-0.4, -0.2) is 15.9 Å². The zero-order valence-electron chi connectivity index (χ0n) is 12.7. The molecule has 0 spiro atoms. The van der Waals surface area contributed by atoms with E-state index in [2.05, 4.69) is 20.6 Å². The molecule has 0 bridgehead atoms. The van der Waals surface area contributed by atoms with E-state index in [0.29, 0.717) is 22.8 Å². The van der Waals surface area contributed by atoms with Crippen LogP contribution in [0.2, 0.25) is 5.02 Å². The fraction of sp³-hybridized carbons (Fsp3) is 0.0556. The summed E-state index contributed by atoms with van der Waals surface area (Å²) in [7, 11) is 0. The molecule has 24 heavy (non-hydrogen) atoms. The highest BCUT2D eigenvalue weighted by Crippen LogP contribution is 2.24.